The minimum Gasteiger partial charge on any atom is -0.497 e. The Morgan fingerprint density at radius 3 is 1.96 bits per heavy atom. The molecule has 1 atom stereocenters. The molecule has 0 saturated heterocycles. The molecule has 1 unspecified atom stereocenters. The average Bonchev–Trinajstić information content (AvgIpc) is 2.66. The normalized spacial score (nSPS) is 16.8. The van der Waals surface area contributed by atoms with Crippen molar-refractivity contribution in [3.8, 4) is 5.75 Å². The number of methoxy groups -OCH3 is 1. The van der Waals surface area contributed by atoms with Gasteiger partial charge in [-0.25, -0.2) is 0 Å². The van der Waals surface area contributed by atoms with Crippen LogP contribution in [0.5, 0.6) is 5.75 Å². The molecule has 1 aromatic carbocycles. The van der Waals surface area contributed by atoms with E-state index < -0.39 is 5.60 Å². The summed E-state index contributed by atoms with van der Waals surface area (Å²) in [5.74, 6) is 1.09. The van der Waals surface area contributed by atoms with Crippen molar-refractivity contribution in [1.29, 1.82) is 0 Å². The van der Waals surface area contributed by atoms with Gasteiger partial charge in [-0.1, -0.05) is 59.1 Å². The predicted octanol–water partition coefficient (Wildman–Crippen LogP) is 5.48. The maximum Gasteiger partial charge on any atom is 0.118 e. The number of aliphatic hydroxyl groups is 1. The Balaban J connectivity index is 0.00000134. The number of benzene rings is 1. The molecule has 1 aliphatic rings. The molecule has 3 nitrogen and oxygen atoms in total. The molecule has 0 radical (unpaired) electrons. The van der Waals surface area contributed by atoms with Crippen molar-refractivity contribution < 1.29 is 9.84 Å². The molecular formula is C22H41NO2. The summed E-state index contributed by atoms with van der Waals surface area (Å²) in [7, 11) is 5.87. The van der Waals surface area contributed by atoms with E-state index in [0.717, 1.165) is 44.4 Å². The highest BCUT2D eigenvalue weighted by Gasteiger charge is 2.38. The third kappa shape index (κ3) is 7.79. The van der Waals surface area contributed by atoms with Crippen LogP contribution in [0.2, 0.25) is 0 Å². The minimum absolute atomic E-state index is 0.214. The van der Waals surface area contributed by atoms with Gasteiger partial charge in [0.15, 0.2) is 0 Å². The standard InChI is InChI=1S/C18H29NO2.2C2H6/c1-19(2)14-11-17(18(20)12-5-4-6-13-18)15-7-9-16(21-3)10-8-15;2*1-2/h7-10,17,20H,4-6,11-14H2,1-3H3;2*1-2H3. The number of nitrogens with zero attached hydrogens (tertiary/aromatic N) is 1. The Bertz CT molecular complexity index is 422. The Labute approximate surface area is 156 Å². The van der Waals surface area contributed by atoms with E-state index in [1.54, 1.807) is 7.11 Å². The zero-order chi connectivity index (χ0) is 19.3. The van der Waals surface area contributed by atoms with E-state index in [-0.39, 0.29) is 5.92 Å². The lowest BCUT2D eigenvalue weighted by atomic mass is 9.71. The molecule has 0 amide bonds. The molecular weight excluding hydrogens is 310 g/mol. The van der Waals surface area contributed by atoms with E-state index in [2.05, 4.69) is 31.1 Å². The number of ether oxygens (including phenoxy) is 1. The van der Waals surface area contributed by atoms with Crippen LogP contribution in [0.15, 0.2) is 24.3 Å². The Morgan fingerprint density at radius 1 is 1.00 bits per heavy atom. The first kappa shape index (κ1) is 23.9. The smallest absolute Gasteiger partial charge is 0.118 e. The molecule has 146 valence electrons. The highest BCUT2D eigenvalue weighted by molar-refractivity contribution is 5.31. The third-order valence-electron chi connectivity index (χ3n) is 4.75. The highest BCUT2D eigenvalue weighted by atomic mass is 16.5. The van der Waals surface area contributed by atoms with Crippen LogP contribution in [0.1, 0.15) is 77.7 Å². The van der Waals surface area contributed by atoms with Crippen LogP contribution in [0.3, 0.4) is 0 Å². The van der Waals surface area contributed by atoms with Crippen molar-refractivity contribution in [1.82, 2.24) is 4.90 Å². The first-order valence-electron chi connectivity index (χ1n) is 10.1. The topological polar surface area (TPSA) is 32.7 Å². The Morgan fingerprint density at radius 2 is 1.52 bits per heavy atom. The molecule has 1 N–H and O–H groups in total. The molecule has 1 fully saturated rings. The van der Waals surface area contributed by atoms with Crippen LogP contribution >= 0.6 is 0 Å². The molecule has 1 aliphatic carbocycles. The fourth-order valence-corrected chi connectivity index (χ4v) is 3.48. The molecule has 0 heterocycles. The average molecular weight is 352 g/mol. The van der Waals surface area contributed by atoms with E-state index >= 15 is 0 Å². The van der Waals surface area contributed by atoms with E-state index in [4.69, 9.17) is 4.74 Å². The van der Waals surface area contributed by atoms with E-state index in [1.807, 2.05) is 39.8 Å². The van der Waals surface area contributed by atoms with Gasteiger partial charge in [-0.15, -0.1) is 0 Å². The lowest BCUT2D eigenvalue weighted by molar-refractivity contribution is -0.0255. The van der Waals surface area contributed by atoms with Gasteiger partial charge in [-0.05, 0) is 57.6 Å². The molecule has 1 aromatic rings. The van der Waals surface area contributed by atoms with Crippen molar-refractivity contribution in [2.75, 3.05) is 27.7 Å². The fraction of sp³-hybridized carbons (Fsp3) is 0.727. The number of hydrogen-bond donors (Lipinski definition) is 1. The summed E-state index contributed by atoms with van der Waals surface area (Å²) >= 11 is 0. The number of rotatable bonds is 6. The molecule has 0 spiro atoms. The number of hydrogen-bond acceptors (Lipinski definition) is 3. The van der Waals surface area contributed by atoms with Crippen LogP contribution in [-0.4, -0.2) is 43.4 Å². The van der Waals surface area contributed by atoms with Crippen LogP contribution in [0.25, 0.3) is 0 Å². The summed E-state index contributed by atoms with van der Waals surface area (Å²) in [4.78, 5) is 2.20. The van der Waals surface area contributed by atoms with E-state index in [9.17, 15) is 5.11 Å². The van der Waals surface area contributed by atoms with Gasteiger partial charge in [0, 0.05) is 5.92 Å². The molecule has 0 aliphatic heterocycles. The van der Waals surface area contributed by atoms with E-state index in [0.29, 0.717) is 0 Å². The van der Waals surface area contributed by atoms with Crippen molar-refractivity contribution in [2.24, 2.45) is 0 Å². The van der Waals surface area contributed by atoms with Gasteiger partial charge in [0.1, 0.15) is 5.75 Å². The molecule has 0 aromatic heterocycles. The molecule has 3 heteroatoms. The summed E-state index contributed by atoms with van der Waals surface area (Å²) in [5.41, 5.74) is 0.699. The SMILES string of the molecule is CC.CC.COc1ccc(C(CCN(C)C)C2(O)CCCCC2)cc1. The fourth-order valence-electron chi connectivity index (χ4n) is 3.48. The second-order valence-corrected chi connectivity index (χ2v) is 6.58. The van der Waals surface area contributed by atoms with E-state index in [1.165, 1.54) is 12.0 Å². The summed E-state index contributed by atoms with van der Waals surface area (Å²) < 4.78 is 5.25. The quantitative estimate of drug-likeness (QED) is 0.737. The first-order valence-corrected chi connectivity index (χ1v) is 10.1. The maximum absolute atomic E-state index is 11.2. The van der Waals surface area contributed by atoms with Crippen LogP contribution in [-0.2, 0) is 0 Å². The van der Waals surface area contributed by atoms with Gasteiger partial charge < -0.3 is 14.7 Å². The maximum atomic E-state index is 11.2. The molecule has 2 rings (SSSR count). The van der Waals surface area contributed by atoms with Gasteiger partial charge in [0.05, 0.1) is 12.7 Å². The minimum atomic E-state index is -0.539. The third-order valence-corrected chi connectivity index (χ3v) is 4.75. The zero-order valence-corrected chi connectivity index (χ0v) is 17.6. The van der Waals surface area contributed by atoms with Crippen molar-refractivity contribution in [3.05, 3.63) is 29.8 Å². The van der Waals surface area contributed by atoms with Crippen LogP contribution in [0, 0.1) is 0 Å². The van der Waals surface area contributed by atoms with Crippen LogP contribution < -0.4 is 4.74 Å². The second kappa shape index (κ2) is 13.2. The Kier molecular flexibility index (Phi) is 12.6. The lowest BCUT2D eigenvalue weighted by Gasteiger charge is -2.40. The molecule has 25 heavy (non-hydrogen) atoms. The summed E-state index contributed by atoms with van der Waals surface area (Å²) in [6.45, 7) is 9.00. The van der Waals surface area contributed by atoms with Crippen molar-refractivity contribution >= 4 is 0 Å². The monoisotopic (exact) mass is 351 g/mol. The largest absolute Gasteiger partial charge is 0.497 e. The predicted molar refractivity (Wildman–Crippen MR) is 110 cm³/mol. The highest BCUT2D eigenvalue weighted by Crippen LogP contribution is 2.42. The second-order valence-electron chi connectivity index (χ2n) is 6.58. The Hall–Kier alpha value is -1.06. The summed E-state index contributed by atoms with van der Waals surface area (Å²) in [6.07, 6.45) is 6.39. The van der Waals surface area contributed by atoms with Gasteiger partial charge in [-0.2, -0.15) is 0 Å². The first-order chi connectivity index (χ1) is 12.0. The van der Waals surface area contributed by atoms with Gasteiger partial charge >= 0.3 is 0 Å². The van der Waals surface area contributed by atoms with Gasteiger partial charge in [0.2, 0.25) is 0 Å². The zero-order valence-electron chi connectivity index (χ0n) is 17.6. The van der Waals surface area contributed by atoms with Crippen molar-refractivity contribution in [3.63, 3.8) is 0 Å². The van der Waals surface area contributed by atoms with Gasteiger partial charge in [-0.3, -0.25) is 0 Å². The summed E-state index contributed by atoms with van der Waals surface area (Å²) in [6, 6.07) is 8.24. The van der Waals surface area contributed by atoms with Crippen LogP contribution in [0.4, 0.5) is 0 Å². The molecule has 0 bridgehead atoms. The van der Waals surface area contributed by atoms with Crippen molar-refractivity contribution in [2.45, 2.75) is 77.7 Å². The molecule has 1 saturated carbocycles. The lowest BCUT2D eigenvalue weighted by Crippen LogP contribution is -2.39. The summed E-state index contributed by atoms with van der Waals surface area (Å²) in [5, 5.41) is 11.2. The van der Waals surface area contributed by atoms with Gasteiger partial charge in [0.25, 0.3) is 0 Å².